The molecule has 1 atom stereocenters. The molecule has 1 amide bonds. The highest BCUT2D eigenvalue weighted by molar-refractivity contribution is 7.80. The number of allylic oxidation sites excluding steroid dienone is 1. The molecule has 156 valence electrons. The van der Waals surface area contributed by atoms with Gasteiger partial charge in [0.2, 0.25) is 0 Å². The number of carbonyl (C=O) groups is 1. The van der Waals surface area contributed by atoms with Gasteiger partial charge in [0.25, 0.3) is 5.91 Å². The molecule has 3 N–H and O–H groups in total. The van der Waals surface area contributed by atoms with Crippen molar-refractivity contribution < 1.29 is 27.5 Å². The van der Waals surface area contributed by atoms with E-state index in [2.05, 4.69) is 0 Å². The van der Waals surface area contributed by atoms with Crippen LogP contribution < -0.4 is 10.6 Å². The molecule has 1 aliphatic carbocycles. The van der Waals surface area contributed by atoms with Crippen LogP contribution in [0, 0.1) is 5.82 Å². The first-order valence-corrected chi connectivity index (χ1v) is 9.12. The molecule has 10 heteroatoms. The van der Waals surface area contributed by atoms with Gasteiger partial charge in [-0.3, -0.25) is 9.69 Å². The molecule has 1 aromatic rings. The molecule has 1 saturated heterocycles. The molecule has 1 heterocycles. The Bertz CT molecular complexity index is 940. The summed E-state index contributed by atoms with van der Waals surface area (Å²) >= 11 is 5.41. The summed E-state index contributed by atoms with van der Waals surface area (Å²) in [4.78, 5) is 15.6. The summed E-state index contributed by atoms with van der Waals surface area (Å²) in [5.74, 6) is -1.19. The van der Waals surface area contributed by atoms with Crippen molar-refractivity contribution in [1.82, 2.24) is 4.90 Å². The summed E-state index contributed by atoms with van der Waals surface area (Å²) < 4.78 is 53.9. The number of benzene rings is 1. The lowest BCUT2D eigenvalue weighted by molar-refractivity contribution is -0.130. The van der Waals surface area contributed by atoms with E-state index in [-0.39, 0.29) is 22.8 Å². The van der Waals surface area contributed by atoms with Gasteiger partial charge in [-0.2, -0.15) is 13.2 Å². The molecule has 3 rings (SSSR count). The van der Waals surface area contributed by atoms with Crippen LogP contribution in [0.4, 0.5) is 23.2 Å². The summed E-state index contributed by atoms with van der Waals surface area (Å²) in [6, 6.07) is 3.02. The van der Waals surface area contributed by atoms with Gasteiger partial charge in [0, 0.05) is 16.9 Å². The summed E-state index contributed by atoms with van der Waals surface area (Å²) in [5, 5.41) is 9.11. The molecule has 0 aromatic heterocycles. The molecule has 0 bridgehead atoms. The fourth-order valence-corrected chi connectivity index (χ4v) is 4.06. The third-order valence-corrected chi connectivity index (χ3v) is 5.43. The Balaban J connectivity index is 2.01. The second-order valence-electron chi connectivity index (χ2n) is 7.33. The molecule has 0 radical (unpaired) electrons. The highest BCUT2D eigenvalue weighted by Gasteiger charge is 2.52. The molecular weight excluding hydrogens is 410 g/mol. The number of halogens is 4. The second-order valence-corrected chi connectivity index (χ2v) is 7.69. The lowest BCUT2D eigenvalue weighted by Crippen LogP contribution is -2.45. The van der Waals surface area contributed by atoms with E-state index in [1.807, 2.05) is 0 Å². The molecule has 2 aliphatic rings. The first kappa shape index (κ1) is 21.3. The average molecular weight is 429 g/mol. The number of amides is 1. The normalized spacial score (nSPS) is 22.1. The predicted octanol–water partition coefficient (Wildman–Crippen LogP) is 3.13. The fourth-order valence-electron chi connectivity index (χ4n) is 3.51. The van der Waals surface area contributed by atoms with Crippen LogP contribution in [0.3, 0.4) is 0 Å². The minimum Gasteiger partial charge on any atom is -0.399 e. The summed E-state index contributed by atoms with van der Waals surface area (Å²) in [6.07, 6.45) is -2.48. The minimum absolute atomic E-state index is 0.0344. The number of nitrogens with zero attached hydrogens (tertiary/aromatic N) is 2. The van der Waals surface area contributed by atoms with Crippen LogP contribution in [-0.4, -0.2) is 38.8 Å². The number of rotatable bonds is 3. The number of thiocarbonyl (C=S) groups is 1. The molecule has 0 saturated carbocycles. The van der Waals surface area contributed by atoms with Crippen molar-refractivity contribution in [1.29, 1.82) is 0 Å². The van der Waals surface area contributed by atoms with Gasteiger partial charge in [0.1, 0.15) is 11.4 Å². The van der Waals surface area contributed by atoms with E-state index in [1.54, 1.807) is 13.8 Å². The van der Waals surface area contributed by atoms with E-state index in [9.17, 15) is 22.4 Å². The van der Waals surface area contributed by atoms with Gasteiger partial charge in [-0.05, 0) is 50.7 Å². The number of hydrogen-bond donors (Lipinski definition) is 2. The Morgan fingerprint density at radius 1 is 1.34 bits per heavy atom. The first-order valence-electron chi connectivity index (χ1n) is 8.71. The Morgan fingerprint density at radius 2 is 2.00 bits per heavy atom. The van der Waals surface area contributed by atoms with Crippen molar-refractivity contribution in [3.63, 3.8) is 0 Å². The zero-order valence-electron chi connectivity index (χ0n) is 15.6. The smallest absolute Gasteiger partial charge is 0.399 e. The van der Waals surface area contributed by atoms with Crippen LogP contribution in [-0.2, 0) is 11.4 Å². The highest BCUT2D eigenvalue weighted by atomic mass is 32.1. The Kier molecular flexibility index (Phi) is 5.20. The Labute approximate surface area is 170 Å². The summed E-state index contributed by atoms with van der Waals surface area (Å²) in [5.41, 5.74) is 3.15. The van der Waals surface area contributed by atoms with Crippen molar-refractivity contribution in [2.45, 2.75) is 44.6 Å². The van der Waals surface area contributed by atoms with Crippen molar-refractivity contribution in [3.8, 4) is 0 Å². The lowest BCUT2D eigenvalue weighted by Gasteiger charge is -2.30. The van der Waals surface area contributed by atoms with E-state index < -0.39 is 47.4 Å². The average Bonchev–Trinajstić information content (AvgIpc) is 2.79. The van der Waals surface area contributed by atoms with Gasteiger partial charge >= 0.3 is 6.18 Å². The maximum absolute atomic E-state index is 14.2. The van der Waals surface area contributed by atoms with Gasteiger partial charge < -0.3 is 15.7 Å². The maximum Gasteiger partial charge on any atom is 0.418 e. The van der Waals surface area contributed by atoms with Crippen LogP contribution in [0.2, 0.25) is 0 Å². The van der Waals surface area contributed by atoms with Crippen molar-refractivity contribution in [3.05, 3.63) is 53.0 Å². The highest BCUT2D eigenvalue weighted by Crippen LogP contribution is 2.39. The quantitative estimate of drug-likeness (QED) is 0.571. The number of aliphatic hydroxyl groups is 1. The Morgan fingerprint density at radius 3 is 2.55 bits per heavy atom. The molecule has 0 spiro atoms. The number of alkyl halides is 3. The van der Waals surface area contributed by atoms with Crippen molar-refractivity contribution in [2.24, 2.45) is 5.73 Å². The second kappa shape index (κ2) is 7.10. The zero-order chi connectivity index (χ0) is 21.7. The Hall–Kier alpha value is -2.46. The number of nitrogens with two attached hydrogens (primary N) is 1. The fraction of sp³-hybridized carbons (Fsp3) is 0.368. The largest absolute Gasteiger partial charge is 0.418 e. The van der Waals surface area contributed by atoms with Gasteiger partial charge in [-0.1, -0.05) is 12.1 Å². The lowest BCUT2D eigenvalue weighted by atomic mass is 9.97. The molecule has 1 aromatic carbocycles. The van der Waals surface area contributed by atoms with Gasteiger partial charge in [0.15, 0.2) is 5.11 Å². The standard InChI is InChI=1S/C19H19F4N3O2S/c1-18(2)16(28)25(11-5-6-15(24)13(7-11)19(21,22)23)17(29)26(18)12-4-3-10(9-27)14(20)8-12/h3-4,6-8,11,27H,5,9,24H2,1-2H3. The zero-order valence-corrected chi connectivity index (χ0v) is 16.4. The third-order valence-electron chi connectivity index (χ3n) is 5.05. The van der Waals surface area contributed by atoms with Crippen LogP contribution >= 0.6 is 12.2 Å². The van der Waals surface area contributed by atoms with Gasteiger partial charge in [-0.15, -0.1) is 0 Å². The summed E-state index contributed by atoms with van der Waals surface area (Å²) in [7, 11) is 0. The van der Waals surface area contributed by atoms with Gasteiger partial charge in [0.05, 0.1) is 18.2 Å². The monoisotopic (exact) mass is 429 g/mol. The van der Waals surface area contributed by atoms with Crippen molar-refractivity contribution >= 4 is 28.9 Å². The summed E-state index contributed by atoms with van der Waals surface area (Å²) in [6.45, 7) is 2.62. The topological polar surface area (TPSA) is 69.8 Å². The van der Waals surface area contributed by atoms with E-state index in [0.29, 0.717) is 0 Å². The SMILES string of the molecule is CC1(C)C(=O)N(C2C=C(C(F)(F)F)C(N)=CC2)C(=S)N1c1ccc(CO)c(F)c1. The molecular formula is C19H19F4N3O2S. The van der Waals surface area contributed by atoms with Crippen LogP contribution in [0.15, 0.2) is 41.6 Å². The minimum atomic E-state index is -4.66. The van der Waals surface area contributed by atoms with E-state index in [1.165, 1.54) is 23.1 Å². The molecule has 1 aliphatic heterocycles. The predicted molar refractivity (Wildman–Crippen MR) is 103 cm³/mol. The molecule has 1 unspecified atom stereocenters. The van der Waals surface area contributed by atoms with E-state index in [0.717, 1.165) is 17.0 Å². The van der Waals surface area contributed by atoms with E-state index in [4.69, 9.17) is 23.1 Å². The van der Waals surface area contributed by atoms with Crippen LogP contribution in [0.5, 0.6) is 0 Å². The third kappa shape index (κ3) is 3.51. The maximum atomic E-state index is 14.2. The molecule has 1 fully saturated rings. The number of aliphatic hydroxyl groups excluding tert-OH is 1. The molecule has 5 nitrogen and oxygen atoms in total. The number of anilines is 1. The van der Waals surface area contributed by atoms with Crippen LogP contribution in [0.25, 0.3) is 0 Å². The van der Waals surface area contributed by atoms with Gasteiger partial charge in [-0.25, -0.2) is 4.39 Å². The van der Waals surface area contributed by atoms with E-state index >= 15 is 0 Å². The number of hydrogen-bond acceptors (Lipinski definition) is 4. The molecule has 29 heavy (non-hydrogen) atoms. The van der Waals surface area contributed by atoms with Crippen molar-refractivity contribution in [2.75, 3.05) is 4.90 Å². The first-order chi connectivity index (χ1) is 13.4. The van der Waals surface area contributed by atoms with Crippen LogP contribution in [0.1, 0.15) is 25.8 Å². The number of carbonyl (C=O) groups excluding carboxylic acids is 1.